The number of halogens is 1. The smallest absolute Gasteiger partial charge is 0.328 e. The number of thioether (sulfide) groups is 1. The van der Waals surface area contributed by atoms with Crippen LogP contribution in [-0.2, 0) is 4.79 Å². The summed E-state index contributed by atoms with van der Waals surface area (Å²) < 4.78 is 0. The summed E-state index contributed by atoms with van der Waals surface area (Å²) in [5, 5.41) is 10.5. The molecule has 0 radical (unpaired) electrons. The van der Waals surface area contributed by atoms with Gasteiger partial charge in [-0.2, -0.15) is 11.8 Å². The van der Waals surface area contributed by atoms with Crippen LogP contribution in [0.15, 0.2) is 24.3 Å². The maximum atomic E-state index is 10.7. The first-order valence-electron chi connectivity index (χ1n) is 6.57. The minimum Gasteiger partial charge on any atom is -0.478 e. The molecule has 5 heteroatoms. The molecule has 2 rings (SSSR count). The quantitative estimate of drug-likeness (QED) is 0.863. The number of carboxylic acid groups (broad SMARTS) is 1. The van der Waals surface area contributed by atoms with Gasteiger partial charge in [-0.05, 0) is 17.7 Å². The molecular weight excluding hydrogens is 294 g/mol. The molecular formula is C15H18ClNO2S. The van der Waals surface area contributed by atoms with Crippen molar-refractivity contribution in [3.8, 4) is 0 Å². The Morgan fingerprint density at radius 1 is 1.40 bits per heavy atom. The van der Waals surface area contributed by atoms with Gasteiger partial charge in [0.15, 0.2) is 0 Å². The Kier molecular flexibility index (Phi) is 5.00. The van der Waals surface area contributed by atoms with Crippen LogP contribution >= 0.6 is 23.4 Å². The molecule has 3 nitrogen and oxygen atoms in total. The zero-order valence-corrected chi connectivity index (χ0v) is 13.1. The van der Waals surface area contributed by atoms with Crippen LogP contribution in [-0.4, -0.2) is 34.7 Å². The van der Waals surface area contributed by atoms with Crippen LogP contribution in [0.4, 0.5) is 5.69 Å². The maximum absolute atomic E-state index is 10.7. The Labute approximate surface area is 128 Å². The van der Waals surface area contributed by atoms with E-state index in [1.807, 2.05) is 30.0 Å². The van der Waals surface area contributed by atoms with Gasteiger partial charge in [0, 0.05) is 29.7 Å². The highest BCUT2D eigenvalue weighted by Crippen LogP contribution is 2.35. The third-order valence-electron chi connectivity index (χ3n) is 3.16. The average Bonchev–Trinajstić information content (AvgIpc) is 2.35. The van der Waals surface area contributed by atoms with Gasteiger partial charge in [0.25, 0.3) is 0 Å². The summed E-state index contributed by atoms with van der Waals surface area (Å²) in [7, 11) is 0. The fourth-order valence-corrected chi connectivity index (χ4v) is 4.15. The second kappa shape index (κ2) is 6.55. The SMILES string of the molecule is CC1CN(c2c(Cl)cccc2/C=C/C(=O)O)CC(C)S1. The number of rotatable bonds is 3. The number of nitrogens with zero attached hydrogens (tertiary/aromatic N) is 1. The molecule has 0 bridgehead atoms. The second-order valence-electron chi connectivity index (χ2n) is 5.01. The molecule has 2 unspecified atom stereocenters. The number of carboxylic acids is 1. The Balaban J connectivity index is 2.36. The van der Waals surface area contributed by atoms with Crippen molar-refractivity contribution in [1.82, 2.24) is 0 Å². The van der Waals surface area contributed by atoms with E-state index in [4.69, 9.17) is 16.7 Å². The van der Waals surface area contributed by atoms with Crippen molar-refractivity contribution in [3.63, 3.8) is 0 Å². The van der Waals surface area contributed by atoms with Crippen molar-refractivity contribution in [3.05, 3.63) is 34.9 Å². The first kappa shape index (κ1) is 15.3. The molecule has 1 aliphatic rings. The number of hydrogen-bond donors (Lipinski definition) is 1. The minimum atomic E-state index is -0.952. The average molecular weight is 312 g/mol. The van der Waals surface area contributed by atoms with Gasteiger partial charge in [-0.3, -0.25) is 0 Å². The minimum absolute atomic E-state index is 0.534. The number of aliphatic carboxylic acids is 1. The van der Waals surface area contributed by atoms with E-state index in [0.29, 0.717) is 15.5 Å². The summed E-state index contributed by atoms with van der Waals surface area (Å²) in [5.41, 5.74) is 1.79. The number of para-hydroxylation sites is 1. The zero-order valence-electron chi connectivity index (χ0n) is 11.5. The van der Waals surface area contributed by atoms with E-state index >= 15 is 0 Å². The lowest BCUT2D eigenvalue weighted by molar-refractivity contribution is -0.131. The largest absolute Gasteiger partial charge is 0.478 e. The molecule has 0 saturated carbocycles. The van der Waals surface area contributed by atoms with E-state index in [1.165, 1.54) is 0 Å². The number of benzene rings is 1. The lowest BCUT2D eigenvalue weighted by atomic mass is 10.1. The van der Waals surface area contributed by atoms with E-state index < -0.39 is 5.97 Å². The monoisotopic (exact) mass is 311 g/mol. The van der Waals surface area contributed by atoms with Crippen molar-refractivity contribution < 1.29 is 9.90 Å². The zero-order chi connectivity index (χ0) is 14.7. The van der Waals surface area contributed by atoms with E-state index in [9.17, 15) is 4.79 Å². The molecule has 1 aliphatic heterocycles. The highest BCUT2D eigenvalue weighted by molar-refractivity contribution is 8.00. The Bertz CT molecular complexity index is 523. The van der Waals surface area contributed by atoms with Crippen LogP contribution in [0.5, 0.6) is 0 Å². The summed E-state index contributed by atoms with van der Waals surface area (Å²) >= 11 is 8.32. The van der Waals surface area contributed by atoms with Crippen molar-refractivity contribution in [1.29, 1.82) is 0 Å². The summed E-state index contributed by atoms with van der Waals surface area (Å²) in [5.74, 6) is -0.952. The highest BCUT2D eigenvalue weighted by atomic mass is 35.5. The normalized spacial score (nSPS) is 23.2. The first-order chi connectivity index (χ1) is 9.47. The molecule has 1 heterocycles. The van der Waals surface area contributed by atoms with Gasteiger partial charge in [0.05, 0.1) is 10.7 Å². The van der Waals surface area contributed by atoms with E-state index in [2.05, 4.69) is 18.7 Å². The molecule has 0 aromatic heterocycles. The van der Waals surface area contributed by atoms with Gasteiger partial charge >= 0.3 is 5.97 Å². The van der Waals surface area contributed by atoms with E-state index in [0.717, 1.165) is 30.4 Å². The second-order valence-corrected chi connectivity index (χ2v) is 7.30. The number of anilines is 1. The maximum Gasteiger partial charge on any atom is 0.328 e. The van der Waals surface area contributed by atoms with Crippen molar-refractivity contribution in [2.45, 2.75) is 24.3 Å². The molecule has 0 spiro atoms. The highest BCUT2D eigenvalue weighted by Gasteiger charge is 2.25. The Morgan fingerprint density at radius 3 is 2.65 bits per heavy atom. The van der Waals surface area contributed by atoms with Crippen LogP contribution in [0.3, 0.4) is 0 Å². The topological polar surface area (TPSA) is 40.5 Å². The molecule has 0 amide bonds. The third-order valence-corrected chi connectivity index (χ3v) is 4.69. The molecule has 0 aliphatic carbocycles. The fourth-order valence-electron chi connectivity index (χ4n) is 2.52. The van der Waals surface area contributed by atoms with E-state index in [-0.39, 0.29) is 0 Å². The third kappa shape index (κ3) is 3.70. The Morgan fingerprint density at radius 2 is 2.05 bits per heavy atom. The van der Waals surface area contributed by atoms with Crippen LogP contribution < -0.4 is 4.90 Å². The predicted octanol–water partition coefficient (Wildman–Crippen LogP) is 3.77. The number of hydrogen-bond acceptors (Lipinski definition) is 3. The number of carbonyl (C=O) groups is 1. The van der Waals surface area contributed by atoms with Gasteiger partial charge in [-0.15, -0.1) is 0 Å². The van der Waals surface area contributed by atoms with Crippen LogP contribution in [0, 0.1) is 0 Å². The van der Waals surface area contributed by atoms with Crippen LogP contribution in [0.25, 0.3) is 6.08 Å². The van der Waals surface area contributed by atoms with E-state index in [1.54, 1.807) is 6.08 Å². The molecule has 1 aromatic rings. The lowest BCUT2D eigenvalue weighted by Crippen LogP contribution is -2.40. The summed E-state index contributed by atoms with van der Waals surface area (Å²) in [4.78, 5) is 13.0. The van der Waals surface area contributed by atoms with Crippen molar-refractivity contribution in [2.24, 2.45) is 0 Å². The van der Waals surface area contributed by atoms with Gasteiger partial charge in [-0.25, -0.2) is 4.79 Å². The van der Waals surface area contributed by atoms with Crippen molar-refractivity contribution in [2.75, 3.05) is 18.0 Å². The molecule has 2 atom stereocenters. The lowest BCUT2D eigenvalue weighted by Gasteiger charge is -2.37. The molecule has 1 aromatic carbocycles. The summed E-state index contributed by atoms with van der Waals surface area (Å²) in [6.45, 7) is 6.26. The van der Waals surface area contributed by atoms with Gasteiger partial charge < -0.3 is 10.0 Å². The summed E-state index contributed by atoms with van der Waals surface area (Å²) in [6, 6.07) is 5.60. The van der Waals surface area contributed by atoms with Gasteiger partial charge in [-0.1, -0.05) is 37.6 Å². The summed E-state index contributed by atoms with van der Waals surface area (Å²) in [6.07, 6.45) is 2.77. The predicted molar refractivity (Wildman–Crippen MR) is 86.8 cm³/mol. The fraction of sp³-hybridized carbons (Fsp3) is 0.400. The molecule has 1 fully saturated rings. The molecule has 108 valence electrons. The van der Waals surface area contributed by atoms with Crippen molar-refractivity contribution >= 4 is 41.1 Å². The molecule has 20 heavy (non-hydrogen) atoms. The van der Waals surface area contributed by atoms with Gasteiger partial charge in [0.2, 0.25) is 0 Å². The van der Waals surface area contributed by atoms with Crippen LogP contribution in [0.2, 0.25) is 5.02 Å². The molecule has 1 saturated heterocycles. The first-order valence-corrected chi connectivity index (χ1v) is 7.89. The standard InChI is InChI=1S/C15H18ClNO2S/c1-10-8-17(9-11(2)20-10)15-12(6-7-14(18)19)4-3-5-13(15)16/h3-7,10-11H,8-9H2,1-2H3,(H,18,19)/b7-6+. The molecule has 1 N–H and O–H groups in total. The van der Waals surface area contributed by atoms with Crippen LogP contribution in [0.1, 0.15) is 19.4 Å². The Hall–Kier alpha value is -1.13. The van der Waals surface area contributed by atoms with Gasteiger partial charge in [0.1, 0.15) is 0 Å².